The highest BCUT2D eigenvalue weighted by atomic mass is 79.9. The molecular formula is C10H15BrN2O. The first kappa shape index (κ1) is 11.4. The summed E-state index contributed by atoms with van der Waals surface area (Å²) in [7, 11) is 0. The highest BCUT2D eigenvalue weighted by molar-refractivity contribution is 9.10. The number of rotatable bonds is 3. The summed E-state index contributed by atoms with van der Waals surface area (Å²) < 4.78 is 2.66. The molecule has 1 aromatic rings. The Hall–Kier alpha value is -0.640. The largest absolute Gasteiger partial charge is 0.348 e. The zero-order valence-electron chi connectivity index (χ0n) is 8.80. The Balaban J connectivity index is 3.16. The van der Waals surface area contributed by atoms with Crippen LogP contribution in [0.25, 0.3) is 0 Å². The monoisotopic (exact) mass is 258 g/mol. The second-order valence-corrected chi connectivity index (χ2v) is 4.18. The first-order valence-electron chi connectivity index (χ1n) is 4.81. The third kappa shape index (κ3) is 2.23. The highest BCUT2D eigenvalue weighted by Gasteiger charge is 2.07. The van der Waals surface area contributed by atoms with Crippen molar-refractivity contribution in [2.75, 3.05) is 0 Å². The van der Waals surface area contributed by atoms with E-state index < -0.39 is 0 Å². The fourth-order valence-electron chi connectivity index (χ4n) is 1.36. The molecule has 3 nitrogen and oxygen atoms in total. The van der Waals surface area contributed by atoms with Crippen LogP contribution in [0.5, 0.6) is 0 Å². The molecule has 1 rings (SSSR count). The summed E-state index contributed by atoms with van der Waals surface area (Å²) in [5, 5.41) is 0. The predicted octanol–water partition coefficient (Wildman–Crippen LogP) is 2.42. The maximum absolute atomic E-state index is 11.5. The quantitative estimate of drug-likeness (QED) is 0.835. The number of aryl methyl sites for hydroxylation is 1. The average Bonchev–Trinajstić information content (AvgIpc) is 2.14. The molecule has 0 amide bonds. The van der Waals surface area contributed by atoms with E-state index in [1.165, 1.54) is 0 Å². The second-order valence-electron chi connectivity index (χ2n) is 3.38. The summed E-state index contributed by atoms with van der Waals surface area (Å²) >= 11 is 3.43. The van der Waals surface area contributed by atoms with Gasteiger partial charge in [-0.15, -0.1) is 0 Å². The van der Waals surface area contributed by atoms with Gasteiger partial charge in [0.15, 0.2) is 0 Å². The van der Waals surface area contributed by atoms with Crippen molar-refractivity contribution in [3.8, 4) is 0 Å². The first-order chi connectivity index (χ1) is 6.57. The van der Waals surface area contributed by atoms with Crippen LogP contribution in [0.3, 0.4) is 0 Å². The smallest absolute Gasteiger partial charge is 0.295 e. The minimum Gasteiger partial charge on any atom is -0.295 e. The molecule has 0 saturated heterocycles. The van der Waals surface area contributed by atoms with Crippen molar-refractivity contribution in [2.45, 2.75) is 40.2 Å². The van der Waals surface area contributed by atoms with Crippen LogP contribution in [0.15, 0.2) is 9.27 Å². The Kier molecular flexibility index (Phi) is 3.86. The maximum Gasteiger partial charge on any atom is 0.348 e. The lowest BCUT2D eigenvalue weighted by molar-refractivity contribution is 0.580. The van der Waals surface area contributed by atoms with Gasteiger partial charge in [-0.2, -0.15) is 4.98 Å². The summed E-state index contributed by atoms with van der Waals surface area (Å²) in [5.74, 6) is 0. The molecule has 1 heterocycles. The Morgan fingerprint density at radius 2 is 2.07 bits per heavy atom. The zero-order chi connectivity index (χ0) is 10.7. The van der Waals surface area contributed by atoms with Gasteiger partial charge >= 0.3 is 5.69 Å². The summed E-state index contributed by atoms with van der Waals surface area (Å²) in [6.07, 6.45) is 2.09. The van der Waals surface area contributed by atoms with E-state index in [1.807, 2.05) is 13.8 Å². The summed E-state index contributed by atoms with van der Waals surface area (Å²) in [4.78, 5) is 15.5. The van der Waals surface area contributed by atoms with Gasteiger partial charge in [-0.3, -0.25) is 4.57 Å². The van der Waals surface area contributed by atoms with Crippen LogP contribution in [-0.2, 0) is 6.54 Å². The average molecular weight is 259 g/mol. The lowest BCUT2D eigenvalue weighted by atomic mass is 10.3. The van der Waals surface area contributed by atoms with Crippen molar-refractivity contribution >= 4 is 15.9 Å². The molecule has 0 fully saturated rings. The van der Waals surface area contributed by atoms with Crippen molar-refractivity contribution in [3.63, 3.8) is 0 Å². The molecule has 0 aliphatic rings. The van der Waals surface area contributed by atoms with Gasteiger partial charge in [0.05, 0.1) is 10.2 Å². The fourth-order valence-corrected chi connectivity index (χ4v) is 1.66. The molecule has 4 heteroatoms. The molecule has 14 heavy (non-hydrogen) atoms. The molecule has 0 atom stereocenters. The Labute approximate surface area is 92.3 Å². The van der Waals surface area contributed by atoms with Gasteiger partial charge in [0.1, 0.15) is 0 Å². The third-order valence-corrected chi connectivity index (χ3v) is 3.42. The number of nitrogens with zero attached hydrogens (tertiary/aromatic N) is 2. The maximum atomic E-state index is 11.5. The van der Waals surface area contributed by atoms with E-state index in [2.05, 4.69) is 27.8 Å². The number of aromatic nitrogens is 2. The number of unbranched alkanes of at least 4 members (excludes halogenated alkanes) is 1. The van der Waals surface area contributed by atoms with Crippen LogP contribution in [0.1, 0.15) is 31.2 Å². The van der Waals surface area contributed by atoms with Gasteiger partial charge in [0.2, 0.25) is 0 Å². The molecule has 0 aromatic carbocycles. The van der Waals surface area contributed by atoms with Crippen molar-refractivity contribution in [3.05, 3.63) is 26.3 Å². The predicted molar refractivity (Wildman–Crippen MR) is 60.6 cm³/mol. The number of hydrogen-bond donors (Lipinski definition) is 0. The van der Waals surface area contributed by atoms with Crippen LogP contribution >= 0.6 is 15.9 Å². The normalized spacial score (nSPS) is 10.6. The Morgan fingerprint density at radius 1 is 1.43 bits per heavy atom. The fraction of sp³-hybridized carbons (Fsp3) is 0.600. The van der Waals surface area contributed by atoms with E-state index in [0.717, 1.165) is 35.2 Å². The lowest BCUT2D eigenvalue weighted by Gasteiger charge is -2.11. The van der Waals surface area contributed by atoms with Crippen molar-refractivity contribution < 1.29 is 0 Å². The summed E-state index contributed by atoms with van der Waals surface area (Å²) in [6, 6.07) is 0. The highest BCUT2D eigenvalue weighted by Crippen LogP contribution is 2.16. The van der Waals surface area contributed by atoms with Crippen molar-refractivity contribution in [1.29, 1.82) is 0 Å². The van der Waals surface area contributed by atoms with Gasteiger partial charge in [-0.05, 0) is 36.2 Å². The minimum atomic E-state index is -0.142. The van der Waals surface area contributed by atoms with Gasteiger partial charge in [0, 0.05) is 12.2 Å². The van der Waals surface area contributed by atoms with E-state index in [1.54, 1.807) is 4.57 Å². The second kappa shape index (κ2) is 4.73. The van der Waals surface area contributed by atoms with E-state index in [9.17, 15) is 4.79 Å². The van der Waals surface area contributed by atoms with Crippen LogP contribution < -0.4 is 5.69 Å². The van der Waals surface area contributed by atoms with Crippen LogP contribution in [0, 0.1) is 13.8 Å². The molecule has 0 aliphatic heterocycles. The van der Waals surface area contributed by atoms with Crippen molar-refractivity contribution in [2.24, 2.45) is 0 Å². The summed E-state index contributed by atoms with van der Waals surface area (Å²) in [5.41, 5.74) is 1.59. The van der Waals surface area contributed by atoms with E-state index >= 15 is 0 Å². The zero-order valence-corrected chi connectivity index (χ0v) is 10.4. The molecule has 78 valence electrons. The molecule has 0 bridgehead atoms. The Bertz CT molecular complexity index is 384. The van der Waals surface area contributed by atoms with Gasteiger partial charge < -0.3 is 0 Å². The topological polar surface area (TPSA) is 34.9 Å². The molecule has 1 aromatic heterocycles. The van der Waals surface area contributed by atoms with E-state index in [-0.39, 0.29) is 5.69 Å². The molecule has 0 radical (unpaired) electrons. The first-order valence-corrected chi connectivity index (χ1v) is 5.60. The third-order valence-electron chi connectivity index (χ3n) is 2.27. The van der Waals surface area contributed by atoms with Crippen LogP contribution in [0.2, 0.25) is 0 Å². The molecule has 0 saturated carbocycles. The molecule has 0 N–H and O–H groups in total. The van der Waals surface area contributed by atoms with Crippen LogP contribution in [0.4, 0.5) is 0 Å². The van der Waals surface area contributed by atoms with Crippen molar-refractivity contribution in [1.82, 2.24) is 9.55 Å². The SMILES string of the molecule is CCCCn1c(C)c(Br)c(C)nc1=O. The lowest BCUT2D eigenvalue weighted by Crippen LogP contribution is -2.26. The summed E-state index contributed by atoms with van der Waals surface area (Å²) in [6.45, 7) is 6.64. The van der Waals surface area contributed by atoms with Gasteiger partial charge in [-0.1, -0.05) is 13.3 Å². The van der Waals surface area contributed by atoms with Gasteiger partial charge in [-0.25, -0.2) is 4.79 Å². The molecule has 0 spiro atoms. The molecule has 0 unspecified atom stereocenters. The molecular weight excluding hydrogens is 244 g/mol. The van der Waals surface area contributed by atoms with Crippen LogP contribution in [-0.4, -0.2) is 9.55 Å². The molecule has 0 aliphatic carbocycles. The van der Waals surface area contributed by atoms with Gasteiger partial charge in [0.25, 0.3) is 0 Å². The van der Waals surface area contributed by atoms with E-state index in [4.69, 9.17) is 0 Å². The minimum absolute atomic E-state index is 0.142. The number of halogens is 1. The number of hydrogen-bond acceptors (Lipinski definition) is 2. The van der Waals surface area contributed by atoms with E-state index in [0.29, 0.717) is 0 Å². The Morgan fingerprint density at radius 3 is 2.64 bits per heavy atom. The standard InChI is InChI=1S/C10H15BrN2O/c1-4-5-6-13-8(3)9(11)7(2)12-10(13)14/h4-6H2,1-3H3.